The van der Waals surface area contributed by atoms with Crippen molar-refractivity contribution in [1.82, 2.24) is 0 Å². The third-order valence-corrected chi connectivity index (χ3v) is 20.7. The van der Waals surface area contributed by atoms with Gasteiger partial charge in [0.2, 0.25) is 0 Å². The van der Waals surface area contributed by atoms with E-state index in [1.807, 2.05) is 0 Å². The molecule has 0 fully saturated rings. The third-order valence-electron chi connectivity index (χ3n) is 5.65. The van der Waals surface area contributed by atoms with Crippen molar-refractivity contribution in [2.75, 3.05) is 0 Å². The zero-order valence-corrected chi connectivity index (χ0v) is 20.8. The molecule has 0 N–H and O–H groups in total. The second kappa shape index (κ2) is 6.34. The van der Waals surface area contributed by atoms with Crippen LogP contribution in [-0.2, 0) is 27.8 Å². The van der Waals surface area contributed by atoms with Crippen molar-refractivity contribution in [2.24, 2.45) is 0 Å². The Balaban J connectivity index is 1.79. The second-order valence-electron chi connectivity index (χ2n) is 7.23. The van der Waals surface area contributed by atoms with E-state index in [1.165, 1.54) is 27.8 Å². The molecule has 2 aliphatic rings. The molecule has 0 spiro atoms. The van der Waals surface area contributed by atoms with Gasteiger partial charge in [0.25, 0.3) is 0 Å². The maximum absolute atomic E-state index is 7.40. The van der Waals surface area contributed by atoms with Crippen LogP contribution in [0.25, 0.3) is 17.2 Å². The van der Waals surface area contributed by atoms with Gasteiger partial charge in [-0.25, -0.2) is 0 Å². The molecule has 0 atom stereocenters. The van der Waals surface area contributed by atoms with Gasteiger partial charge in [0, 0.05) is 0 Å². The van der Waals surface area contributed by atoms with Crippen LogP contribution in [0.15, 0.2) is 65.1 Å². The van der Waals surface area contributed by atoms with Crippen LogP contribution in [0, 0.1) is 0 Å². The first-order valence-corrected chi connectivity index (χ1v) is 22.2. The van der Waals surface area contributed by atoms with Gasteiger partial charge in [-0.1, -0.05) is 0 Å². The molecule has 0 heterocycles. The fraction of sp³-hybridized carbons (Fsp3) is 0.0909. The number of allylic oxidation sites excluding steroid dienone is 1. The topological polar surface area (TPSA) is 0 Å². The molecular formula is C22H16BrCl2SZr. The van der Waals surface area contributed by atoms with Gasteiger partial charge >= 0.3 is 181 Å². The van der Waals surface area contributed by atoms with Crippen molar-refractivity contribution >= 4 is 55.0 Å². The average molecular weight is 554 g/mol. The molecule has 0 saturated carbocycles. The summed E-state index contributed by atoms with van der Waals surface area (Å²) in [6.45, 7) is 0. The minimum atomic E-state index is -4.75. The Morgan fingerprint density at radius 3 is 2.52 bits per heavy atom. The van der Waals surface area contributed by atoms with Gasteiger partial charge in [-0.3, -0.25) is 0 Å². The number of hydrogen-bond donors (Lipinski definition) is 1. The maximum atomic E-state index is 7.40. The molecule has 3 aromatic carbocycles. The van der Waals surface area contributed by atoms with Crippen molar-refractivity contribution < 1.29 is 14.9 Å². The molecule has 0 aliphatic heterocycles. The third kappa shape index (κ3) is 2.81. The fourth-order valence-electron chi connectivity index (χ4n) is 4.41. The van der Waals surface area contributed by atoms with E-state index in [9.17, 15) is 0 Å². The van der Waals surface area contributed by atoms with Crippen molar-refractivity contribution in [2.45, 2.75) is 12.8 Å². The quantitative estimate of drug-likeness (QED) is 0.273. The fourth-order valence-corrected chi connectivity index (χ4v) is 17.5. The van der Waals surface area contributed by atoms with Gasteiger partial charge in [0.05, 0.1) is 0 Å². The van der Waals surface area contributed by atoms with Crippen LogP contribution < -0.4 is 6.54 Å². The van der Waals surface area contributed by atoms with E-state index in [0.29, 0.717) is 0 Å². The standard InChI is InChI=1S/C13H8Br.C9H7.2ClH.H2S.Zr/c14-12-7-3-5-10-8-9-4-1-2-6-11(9)13(10)12;1-2-5-9-7-3-6-8(9)4-1;;;;/h1-4,6-7H,8H2;1-4,7H,6H2;2*1H;1H2;/q;;;;;+3/p-3. The Labute approximate surface area is 179 Å². The predicted octanol–water partition coefficient (Wildman–Crippen LogP) is 6.38. The summed E-state index contributed by atoms with van der Waals surface area (Å²) in [7, 11) is 19.9. The Bertz CT molecular complexity index is 1140. The molecule has 0 amide bonds. The van der Waals surface area contributed by atoms with E-state index in [2.05, 4.69) is 82.7 Å². The van der Waals surface area contributed by atoms with Gasteiger partial charge in [-0.2, -0.15) is 0 Å². The van der Waals surface area contributed by atoms with Crippen LogP contribution in [0.5, 0.6) is 0 Å². The first kappa shape index (κ1) is 18.7. The molecular weight excluding hydrogens is 538 g/mol. The summed E-state index contributed by atoms with van der Waals surface area (Å²) in [6.07, 6.45) is 6.09. The molecule has 5 heteroatoms. The Morgan fingerprint density at radius 2 is 1.67 bits per heavy atom. The van der Waals surface area contributed by atoms with Gasteiger partial charge in [-0.05, 0) is 0 Å². The van der Waals surface area contributed by atoms with Crippen molar-refractivity contribution in [3.05, 3.63) is 87.4 Å². The summed E-state index contributed by atoms with van der Waals surface area (Å²) in [5, 5.41) is 0. The number of hydrogen-bond acceptors (Lipinski definition) is 1. The molecule has 0 radical (unpaired) electrons. The summed E-state index contributed by atoms with van der Waals surface area (Å²) in [5.74, 6) is 0. The molecule has 0 saturated heterocycles. The van der Waals surface area contributed by atoms with E-state index in [4.69, 9.17) is 26.4 Å². The number of rotatable bonds is 2. The first-order chi connectivity index (χ1) is 12.9. The molecule has 0 unspecified atom stereocenters. The normalized spacial score (nSPS) is 15.8. The molecule has 27 heavy (non-hydrogen) atoms. The SMILES string of the molecule is [SH][Zr]([Cl])([Cl])([c]1cccc2c1C=CC2)[c]1ccc(Br)c2c1Cc1ccccc1-2. The molecule has 0 aromatic heterocycles. The van der Waals surface area contributed by atoms with Gasteiger partial charge in [0.15, 0.2) is 0 Å². The molecule has 135 valence electrons. The van der Waals surface area contributed by atoms with Crippen LogP contribution >= 0.6 is 42.3 Å². The number of benzene rings is 3. The minimum absolute atomic E-state index is 0.842. The van der Waals surface area contributed by atoms with E-state index < -0.39 is 14.9 Å². The zero-order valence-electron chi connectivity index (χ0n) is 14.3. The van der Waals surface area contributed by atoms with Crippen LogP contribution in [0.1, 0.15) is 22.3 Å². The van der Waals surface area contributed by atoms with Gasteiger partial charge in [-0.15, -0.1) is 0 Å². The predicted molar refractivity (Wildman–Crippen MR) is 122 cm³/mol. The van der Waals surface area contributed by atoms with E-state index in [0.717, 1.165) is 29.4 Å². The molecule has 0 nitrogen and oxygen atoms in total. The second-order valence-corrected chi connectivity index (χ2v) is 34.0. The molecule has 0 bridgehead atoms. The van der Waals surface area contributed by atoms with E-state index in [-0.39, 0.29) is 0 Å². The van der Waals surface area contributed by atoms with E-state index >= 15 is 0 Å². The summed E-state index contributed by atoms with van der Waals surface area (Å²) >= 11 is -1.01. The Morgan fingerprint density at radius 1 is 0.889 bits per heavy atom. The van der Waals surface area contributed by atoms with Crippen LogP contribution in [-0.4, -0.2) is 0 Å². The van der Waals surface area contributed by atoms with Crippen molar-refractivity contribution in [3.63, 3.8) is 0 Å². The molecule has 2 aliphatic carbocycles. The first-order valence-electron chi connectivity index (χ1n) is 8.86. The Kier molecular flexibility index (Phi) is 4.40. The van der Waals surface area contributed by atoms with Crippen LogP contribution in [0.4, 0.5) is 0 Å². The zero-order chi connectivity index (χ0) is 18.8. The summed E-state index contributed by atoms with van der Waals surface area (Å²) in [5.41, 5.74) is 7.44. The summed E-state index contributed by atoms with van der Waals surface area (Å²) in [4.78, 5) is 0. The Hall–Kier alpha value is -0.307. The summed E-state index contributed by atoms with van der Waals surface area (Å²) < 4.78 is 3.14. The van der Waals surface area contributed by atoms with E-state index in [1.54, 1.807) is 0 Å². The van der Waals surface area contributed by atoms with Crippen molar-refractivity contribution in [3.8, 4) is 11.1 Å². The van der Waals surface area contributed by atoms with Gasteiger partial charge < -0.3 is 0 Å². The van der Waals surface area contributed by atoms with Crippen LogP contribution in [0.3, 0.4) is 0 Å². The monoisotopic (exact) mass is 551 g/mol. The number of fused-ring (bicyclic) bond motifs is 4. The molecule has 5 rings (SSSR count). The average Bonchev–Trinajstić information content (AvgIpc) is 3.25. The summed E-state index contributed by atoms with van der Waals surface area (Å²) in [6, 6.07) is 19.0. The number of thiol groups is 1. The molecule has 3 aromatic rings. The van der Waals surface area contributed by atoms with Gasteiger partial charge in [0.1, 0.15) is 0 Å². The van der Waals surface area contributed by atoms with Crippen molar-refractivity contribution in [1.29, 1.82) is 0 Å². The number of halogens is 3. The van der Waals surface area contributed by atoms with Crippen LogP contribution in [0.2, 0.25) is 0 Å².